The summed E-state index contributed by atoms with van der Waals surface area (Å²) in [6, 6.07) is 21.6. The van der Waals surface area contributed by atoms with Gasteiger partial charge in [0.1, 0.15) is 5.60 Å². The van der Waals surface area contributed by atoms with Gasteiger partial charge >= 0.3 is 6.18 Å². The first-order valence-corrected chi connectivity index (χ1v) is 12.2. The Balaban J connectivity index is 1.33. The number of aliphatic hydroxyl groups is 1. The van der Waals surface area contributed by atoms with Crippen LogP contribution in [0.25, 0.3) is 11.3 Å². The number of alkyl halides is 3. The highest BCUT2D eigenvalue weighted by Crippen LogP contribution is 2.36. The van der Waals surface area contributed by atoms with E-state index in [4.69, 9.17) is 9.84 Å². The van der Waals surface area contributed by atoms with Gasteiger partial charge in [0.25, 0.3) is 5.91 Å². The Morgan fingerprint density at radius 1 is 0.974 bits per heavy atom. The van der Waals surface area contributed by atoms with E-state index in [2.05, 4.69) is 0 Å². The van der Waals surface area contributed by atoms with Crippen molar-refractivity contribution in [1.29, 1.82) is 0 Å². The number of halogens is 3. The van der Waals surface area contributed by atoms with Gasteiger partial charge in [-0.15, -0.1) is 0 Å². The molecule has 2 aliphatic heterocycles. The molecule has 194 valence electrons. The summed E-state index contributed by atoms with van der Waals surface area (Å²) < 4.78 is 46.4. The van der Waals surface area contributed by atoms with Gasteiger partial charge in [-0.25, -0.2) is 0 Å². The molecule has 0 saturated carbocycles. The van der Waals surface area contributed by atoms with Crippen molar-refractivity contribution in [1.82, 2.24) is 14.7 Å². The van der Waals surface area contributed by atoms with Crippen LogP contribution >= 0.6 is 0 Å². The van der Waals surface area contributed by atoms with Gasteiger partial charge in [0.15, 0.2) is 0 Å². The summed E-state index contributed by atoms with van der Waals surface area (Å²) in [5.74, 6) is -0.198. The molecule has 6 nitrogen and oxygen atoms in total. The molecule has 38 heavy (non-hydrogen) atoms. The van der Waals surface area contributed by atoms with Crippen molar-refractivity contribution in [3.8, 4) is 11.3 Å². The maximum atomic E-state index is 13.5. The normalized spacial score (nSPS) is 16.3. The Hall–Kier alpha value is -3.95. The third-order valence-electron chi connectivity index (χ3n) is 7.13. The summed E-state index contributed by atoms with van der Waals surface area (Å²) in [7, 11) is 0. The molecule has 1 N–H and O–H groups in total. The van der Waals surface area contributed by atoms with E-state index in [1.165, 1.54) is 12.1 Å². The summed E-state index contributed by atoms with van der Waals surface area (Å²) in [5, 5.41) is 15.4. The second kappa shape index (κ2) is 9.11. The highest BCUT2D eigenvalue weighted by atomic mass is 19.4. The Labute approximate surface area is 216 Å². The molecule has 3 heterocycles. The third-order valence-corrected chi connectivity index (χ3v) is 7.13. The lowest BCUT2D eigenvalue weighted by molar-refractivity contribution is -0.184. The number of amides is 1. The molecule has 1 fully saturated rings. The molecule has 6 rings (SSSR count). The van der Waals surface area contributed by atoms with Crippen molar-refractivity contribution in [3.63, 3.8) is 0 Å². The standard InChI is InChI=1S/C29H24F3N3O3/c30-29(31,32)22-11-9-20(10-12-22)26-24-15-34(16-25(24)35(33-26)14-19-5-2-1-3-6-19)27(36)21-7-4-8-23(13-21)28(37)17-38-18-28/h1-13,37H,14-18H2. The maximum absolute atomic E-state index is 13.5. The molecule has 0 atom stereocenters. The number of hydrogen-bond acceptors (Lipinski definition) is 4. The lowest BCUT2D eigenvalue weighted by Crippen LogP contribution is -2.46. The molecule has 1 aromatic heterocycles. The van der Waals surface area contributed by atoms with E-state index in [-0.39, 0.29) is 25.7 Å². The van der Waals surface area contributed by atoms with Gasteiger partial charge in [0.2, 0.25) is 0 Å². The van der Waals surface area contributed by atoms with E-state index >= 15 is 0 Å². The zero-order valence-corrected chi connectivity index (χ0v) is 20.3. The first-order chi connectivity index (χ1) is 18.2. The molecular formula is C29H24F3N3O3. The Bertz CT molecular complexity index is 1490. The summed E-state index contributed by atoms with van der Waals surface area (Å²) in [6.45, 7) is 1.43. The molecule has 3 aromatic carbocycles. The van der Waals surface area contributed by atoms with Gasteiger partial charge in [-0.3, -0.25) is 9.48 Å². The highest BCUT2D eigenvalue weighted by molar-refractivity contribution is 5.95. The fourth-order valence-electron chi connectivity index (χ4n) is 4.97. The Morgan fingerprint density at radius 3 is 2.37 bits per heavy atom. The summed E-state index contributed by atoms with van der Waals surface area (Å²) >= 11 is 0. The molecule has 2 aliphatic rings. The molecule has 1 amide bonds. The van der Waals surface area contributed by atoms with Crippen molar-refractivity contribution in [3.05, 3.63) is 112 Å². The summed E-state index contributed by atoms with van der Waals surface area (Å²) in [6.07, 6.45) is -4.43. The van der Waals surface area contributed by atoms with Crippen LogP contribution in [0.4, 0.5) is 13.2 Å². The van der Waals surface area contributed by atoms with Crippen LogP contribution in [0, 0.1) is 0 Å². The predicted molar refractivity (Wildman–Crippen MR) is 133 cm³/mol. The van der Waals surface area contributed by atoms with Crippen molar-refractivity contribution in [2.24, 2.45) is 0 Å². The first kappa shape index (κ1) is 24.4. The molecule has 0 aliphatic carbocycles. The van der Waals surface area contributed by atoms with Crippen molar-refractivity contribution >= 4 is 5.91 Å². The molecule has 9 heteroatoms. The van der Waals surface area contributed by atoms with Crippen LogP contribution in [-0.4, -0.2) is 38.9 Å². The minimum Gasteiger partial charge on any atom is -0.380 e. The fourth-order valence-corrected chi connectivity index (χ4v) is 4.97. The van der Waals surface area contributed by atoms with E-state index in [1.54, 1.807) is 29.2 Å². The van der Waals surface area contributed by atoms with Gasteiger partial charge in [-0.2, -0.15) is 18.3 Å². The average Bonchev–Trinajstić information content (AvgIpc) is 3.48. The molecule has 0 spiro atoms. The molecule has 0 radical (unpaired) electrons. The monoisotopic (exact) mass is 519 g/mol. The van der Waals surface area contributed by atoms with Crippen LogP contribution in [0.15, 0.2) is 78.9 Å². The molecule has 0 unspecified atom stereocenters. The Kier molecular flexibility index (Phi) is 5.85. The van der Waals surface area contributed by atoms with Crippen molar-refractivity contribution in [2.45, 2.75) is 31.4 Å². The van der Waals surface area contributed by atoms with Crippen molar-refractivity contribution < 1.29 is 27.8 Å². The van der Waals surface area contributed by atoms with Crippen LogP contribution in [-0.2, 0) is 36.1 Å². The molecule has 1 saturated heterocycles. The van der Waals surface area contributed by atoms with E-state index < -0.39 is 17.3 Å². The summed E-state index contributed by atoms with van der Waals surface area (Å²) in [5.41, 5.74) is 3.08. The number of fused-ring (bicyclic) bond motifs is 1. The number of carbonyl (C=O) groups is 1. The minimum absolute atomic E-state index is 0.186. The highest BCUT2D eigenvalue weighted by Gasteiger charge is 2.39. The second-order valence-electron chi connectivity index (χ2n) is 9.76. The maximum Gasteiger partial charge on any atom is 0.416 e. The van der Waals surface area contributed by atoms with Crippen LogP contribution in [0.5, 0.6) is 0 Å². The molecule has 4 aromatic rings. The van der Waals surface area contributed by atoms with Crippen LogP contribution in [0.2, 0.25) is 0 Å². The summed E-state index contributed by atoms with van der Waals surface area (Å²) in [4.78, 5) is 15.2. The van der Waals surface area contributed by atoms with Crippen LogP contribution in [0.3, 0.4) is 0 Å². The fraction of sp³-hybridized carbons (Fsp3) is 0.241. The van der Waals surface area contributed by atoms with Gasteiger partial charge in [-0.1, -0.05) is 54.6 Å². The van der Waals surface area contributed by atoms with E-state index in [9.17, 15) is 23.1 Å². The van der Waals surface area contributed by atoms with E-state index in [0.717, 1.165) is 29.0 Å². The number of hydrogen-bond donors (Lipinski definition) is 1. The average molecular weight is 520 g/mol. The number of nitrogens with zero attached hydrogens (tertiary/aromatic N) is 3. The number of carbonyl (C=O) groups excluding carboxylic acids is 1. The lowest BCUT2D eigenvalue weighted by Gasteiger charge is -2.36. The van der Waals surface area contributed by atoms with Gasteiger partial charge in [0.05, 0.1) is 49.8 Å². The zero-order chi connectivity index (χ0) is 26.5. The lowest BCUT2D eigenvalue weighted by atomic mass is 9.91. The second-order valence-corrected chi connectivity index (χ2v) is 9.76. The van der Waals surface area contributed by atoms with Gasteiger partial charge < -0.3 is 14.7 Å². The molecular weight excluding hydrogens is 495 g/mol. The van der Waals surface area contributed by atoms with Crippen LogP contribution < -0.4 is 0 Å². The number of ether oxygens (including phenoxy) is 1. The molecule has 0 bridgehead atoms. The smallest absolute Gasteiger partial charge is 0.380 e. The SMILES string of the molecule is O=C(c1cccc(C2(O)COC2)c1)N1Cc2c(-c3ccc(C(F)(F)F)cc3)nn(Cc3ccccc3)c2C1. The zero-order valence-electron chi connectivity index (χ0n) is 20.3. The quantitative estimate of drug-likeness (QED) is 0.404. The minimum atomic E-state index is -4.43. The first-order valence-electron chi connectivity index (χ1n) is 12.2. The third kappa shape index (κ3) is 4.37. The van der Waals surface area contributed by atoms with Crippen molar-refractivity contribution in [2.75, 3.05) is 13.2 Å². The topological polar surface area (TPSA) is 67.6 Å². The Morgan fingerprint density at radius 2 is 1.71 bits per heavy atom. The van der Waals surface area contributed by atoms with Crippen LogP contribution in [0.1, 0.15) is 38.3 Å². The predicted octanol–water partition coefficient (Wildman–Crippen LogP) is 4.99. The number of benzene rings is 3. The van der Waals surface area contributed by atoms with E-state index in [1.807, 2.05) is 35.0 Å². The largest absolute Gasteiger partial charge is 0.416 e. The number of rotatable bonds is 5. The van der Waals surface area contributed by atoms with Gasteiger partial charge in [0, 0.05) is 16.7 Å². The van der Waals surface area contributed by atoms with Gasteiger partial charge in [-0.05, 0) is 35.4 Å². The number of aromatic nitrogens is 2. The van der Waals surface area contributed by atoms with E-state index in [0.29, 0.717) is 35.5 Å².